The molecule has 0 amide bonds. The summed E-state index contributed by atoms with van der Waals surface area (Å²) in [6, 6.07) is 18.4. The highest BCUT2D eigenvalue weighted by Gasteiger charge is 2.42. The Balaban J connectivity index is 1.30. The first kappa shape index (κ1) is 24.8. The number of rotatable bonds is 4. The lowest BCUT2D eigenvalue weighted by molar-refractivity contribution is 0.0987. The number of hydrogen-bond acceptors (Lipinski definition) is 8. The van der Waals surface area contributed by atoms with Crippen LogP contribution in [-0.4, -0.2) is 31.5 Å². The van der Waals surface area contributed by atoms with Crippen molar-refractivity contribution < 1.29 is 14.0 Å². The first-order valence-electron chi connectivity index (χ1n) is 13.3. The van der Waals surface area contributed by atoms with Crippen molar-refractivity contribution in [3.05, 3.63) is 118 Å². The minimum Gasteiger partial charge on any atom is -0.456 e. The van der Waals surface area contributed by atoms with E-state index in [1.807, 2.05) is 11.0 Å². The van der Waals surface area contributed by atoms with Gasteiger partial charge in [0, 0.05) is 40.9 Å². The van der Waals surface area contributed by atoms with Gasteiger partial charge >= 0.3 is 0 Å². The molecule has 3 heterocycles. The number of Topliss-reactive ketones (excluding diaryl/α,β-unsaturated/α-hetero) is 2. The Bertz CT molecular complexity index is 1840. The topological polar surface area (TPSA) is 102 Å². The zero-order chi connectivity index (χ0) is 28.5. The van der Waals surface area contributed by atoms with Gasteiger partial charge in [0.1, 0.15) is 22.9 Å². The van der Waals surface area contributed by atoms with Crippen molar-refractivity contribution in [2.45, 2.75) is 33.1 Å². The molecule has 0 bridgehead atoms. The number of benzene rings is 2. The SMILES string of the molecule is Cc1ccc(N(c2ccc(C)cc2)c2ncc3c(n2)C(C)(C)c2cc(C=C4C(=O)c5nccnc5C4=O)oc2-3)cc1. The van der Waals surface area contributed by atoms with Crippen LogP contribution in [0.5, 0.6) is 0 Å². The fourth-order valence-corrected chi connectivity index (χ4v) is 5.47. The molecule has 8 heteroatoms. The molecule has 200 valence electrons. The first-order chi connectivity index (χ1) is 19.7. The molecule has 2 aromatic carbocycles. The molecule has 5 aromatic rings. The van der Waals surface area contributed by atoms with E-state index in [0.717, 1.165) is 28.2 Å². The van der Waals surface area contributed by atoms with Gasteiger partial charge < -0.3 is 4.42 Å². The molecule has 8 nitrogen and oxygen atoms in total. The average molecular weight is 540 g/mol. The summed E-state index contributed by atoms with van der Waals surface area (Å²) >= 11 is 0. The van der Waals surface area contributed by atoms with Gasteiger partial charge in [0.05, 0.1) is 16.8 Å². The predicted molar refractivity (Wildman–Crippen MR) is 155 cm³/mol. The summed E-state index contributed by atoms with van der Waals surface area (Å²) in [6.45, 7) is 8.28. The Hall–Kier alpha value is -5.24. The third-order valence-corrected chi connectivity index (χ3v) is 7.73. The normalized spacial score (nSPS) is 14.6. The molecule has 0 atom stereocenters. The number of aryl methyl sites for hydroxylation is 2. The van der Waals surface area contributed by atoms with E-state index in [1.165, 1.54) is 29.6 Å². The summed E-state index contributed by atoms with van der Waals surface area (Å²) in [5.41, 5.74) is 6.41. The Morgan fingerprint density at radius 3 is 1.93 bits per heavy atom. The summed E-state index contributed by atoms with van der Waals surface area (Å²) in [7, 11) is 0. The minimum atomic E-state index is -0.509. The van der Waals surface area contributed by atoms with E-state index < -0.39 is 17.0 Å². The fraction of sp³-hybridized carbons (Fsp3) is 0.152. The summed E-state index contributed by atoms with van der Waals surface area (Å²) in [5, 5.41) is 0. The molecule has 7 rings (SSSR count). The van der Waals surface area contributed by atoms with Crippen molar-refractivity contribution in [2.75, 3.05) is 4.90 Å². The van der Waals surface area contributed by atoms with E-state index in [4.69, 9.17) is 14.4 Å². The Morgan fingerprint density at radius 1 is 0.805 bits per heavy atom. The van der Waals surface area contributed by atoms with Crippen LogP contribution in [0.15, 0.2) is 83.2 Å². The van der Waals surface area contributed by atoms with Crippen molar-refractivity contribution in [1.82, 2.24) is 19.9 Å². The van der Waals surface area contributed by atoms with Gasteiger partial charge in [-0.05, 0) is 64.1 Å². The van der Waals surface area contributed by atoms with Crippen LogP contribution in [0.25, 0.3) is 17.4 Å². The van der Waals surface area contributed by atoms with E-state index >= 15 is 0 Å². The number of aromatic nitrogens is 4. The fourth-order valence-electron chi connectivity index (χ4n) is 5.47. The average Bonchev–Trinajstić information content (AvgIpc) is 3.57. The first-order valence-corrected chi connectivity index (χ1v) is 13.3. The second-order valence-corrected chi connectivity index (χ2v) is 10.9. The Morgan fingerprint density at radius 2 is 1.37 bits per heavy atom. The maximum Gasteiger partial charge on any atom is 0.234 e. The maximum absolute atomic E-state index is 12.8. The van der Waals surface area contributed by atoms with Crippen molar-refractivity contribution in [1.29, 1.82) is 0 Å². The lowest BCUT2D eigenvalue weighted by Crippen LogP contribution is -2.20. The molecule has 0 radical (unpaired) electrons. The van der Waals surface area contributed by atoms with Crippen LogP contribution in [0.2, 0.25) is 0 Å². The van der Waals surface area contributed by atoms with E-state index in [-0.39, 0.29) is 17.0 Å². The zero-order valence-corrected chi connectivity index (χ0v) is 23.0. The third kappa shape index (κ3) is 3.82. The van der Waals surface area contributed by atoms with Crippen LogP contribution >= 0.6 is 0 Å². The molecule has 0 aliphatic heterocycles. The highest BCUT2D eigenvalue weighted by atomic mass is 16.3. The predicted octanol–water partition coefficient (Wildman–Crippen LogP) is 6.72. The Labute approximate surface area is 236 Å². The number of hydrogen-bond donors (Lipinski definition) is 0. The number of fused-ring (bicyclic) bond motifs is 4. The van der Waals surface area contributed by atoms with E-state index in [0.29, 0.717) is 17.5 Å². The van der Waals surface area contributed by atoms with Gasteiger partial charge in [0.25, 0.3) is 0 Å². The lowest BCUT2D eigenvalue weighted by Gasteiger charge is -2.25. The molecule has 0 unspecified atom stereocenters. The number of furan rings is 1. The molecule has 41 heavy (non-hydrogen) atoms. The number of carbonyl (C=O) groups excluding carboxylic acids is 2. The molecular weight excluding hydrogens is 514 g/mol. The third-order valence-electron chi connectivity index (χ3n) is 7.73. The Kier molecular flexibility index (Phi) is 5.37. The van der Waals surface area contributed by atoms with Gasteiger partial charge in [0.15, 0.2) is 0 Å². The van der Waals surface area contributed by atoms with E-state index in [9.17, 15) is 9.59 Å². The van der Waals surface area contributed by atoms with E-state index in [1.54, 1.807) is 6.20 Å². The molecule has 2 aliphatic carbocycles. The molecule has 0 N–H and O–H groups in total. The van der Waals surface area contributed by atoms with Gasteiger partial charge in [-0.15, -0.1) is 0 Å². The molecule has 0 saturated heterocycles. The van der Waals surface area contributed by atoms with Crippen LogP contribution in [0.4, 0.5) is 17.3 Å². The van der Waals surface area contributed by atoms with Gasteiger partial charge in [-0.3, -0.25) is 14.5 Å². The molecule has 0 spiro atoms. The quantitative estimate of drug-likeness (QED) is 0.183. The number of carbonyl (C=O) groups is 2. The van der Waals surface area contributed by atoms with Gasteiger partial charge in [-0.2, -0.15) is 0 Å². The molecular formula is C33H25N5O3. The standard InChI is InChI=1S/C33H25N5O3/c1-18-5-9-20(10-6-18)38(21-11-7-19(2)8-12-21)32-36-17-24-30-25(33(3,4)31(24)37-32)16-22(41-30)15-23-28(39)26-27(29(23)40)35-14-13-34-26/h5-17H,1-4H3. The van der Waals surface area contributed by atoms with Gasteiger partial charge in [0.2, 0.25) is 17.5 Å². The number of ketones is 2. The molecule has 0 saturated carbocycles. The van der Waals surface area contributed by atoms with Crippen LogP contribution < -0.4 is 4.90 Å². The molecule has 0 fully saturated rings. The van der Waals surface area contributed by atoms with Crippen LogP contribution in [0, 0.1) is 13.8 Å². The lowest BCUT2D eigenvalue weighted by atomic mass is 9.86. The second kappa shape index (κ2) is 8.89. The number of nitrogens with zero attached hydrogens (tertiary/aromatic N) is 5. The van der Waals surface area contributed by atoms with Crippen LogP contribution in [0.1, 0.15) is 63.0 Å². The number of anilines is 3. The maximum atomic E-state index is 12.8. The molecule has 2 aliphatic rings. The zero-order valence-electron chi connectivity index (χ0n) is 23.0. The summed E-state index contributed by atoms with van der Waals surface area (Å²) in [6.07, 6.45) is 6.08. The number of allylic oxidation sites excluding steroid dienone is 1. The van der Waals surface area contributed by atoms with E-state index in [2.05, 4.69) is 86.2 Å². The summed E-state index contributed by atoms with van der Waals surface area (Å²) in [4.78, 5) is 45.6. The minimum absolute atomic E-state index is 0.00455. The largest absolute Gasteiger partial charge is 0.456 e. The smallest absolute Gasteiger partial charge is 0.234 e. The second-order valence-electron chi connectivity index (χ2n) is 10.9. The highest BCUT2D eigenvalue weighted by Crippen LogP contribution is 2.50. The van der Waals surface area contributed by atoms with Crippen molar-refractivity contribution in [3.8, 4) is 11.3 Å². The monoisotopic (exact) mass is 539 g/mol. The summed E-state index contributed by atoms with van der Waals surface area (Å²) < 4.78 is 6.23. The van der Waals surface area contributed by atoms with Crippen LogP contribution in [-0.2, 0) is 5.41 Å². The van der Waals surface area contributed by atoms with Gasteiger partial charge in [-0.1, -0.05) is 35.4 Å². The molecule has 3 aromatic heterocycles. The summed E-state index contributed by atoms with van der Waals surface area (Å²) in [5.74, 6) is 0.691. The van der Waals surface area contributed by atoms with Crippen molar-refractivity contribution in [2.24, 2.45) is 0 Å². The van der Waals surface area contributed by atoms with Crippen molar-refractivity contribution in [3.63, 3.8) is 0 Å². The highest BCUT2D eigenvalue weighted by molar-refractivity contribution is 6.40. The van der Waals surface area contributed by atoms with Gasteiger partial charge in [-0.25, -0.2) is 19.9 Å². The van der Waals surface area contributed by atoms with Crippen molar-refractivity contribution >= 4 is 35.0 Å². The van der Waals surface area contributed by atoms with Crippen LogP contribution in [0.3, 0.4) is 0 Å².